The molecule has 5 heteroatoms. The monoisotopic (exact) mass is 282 g/mol. The highest BCUT2D eigenvalue weighted by Gasteiger charge is 2.25. The van der Waals surface area contributed by atoms with Gasteiger partial charge in [0.25, 0.3) is 0 Å². The standard InChI is InChI=1S/C14H22N2O2S/c1-11-15-13(10-19-11)3-2-4-14(18)16-7-5-12(9-16)6-8-17/h10,12,17H,2-9H2,1H3. The van der Waals surface area contributed by atoms with Crippen molar-refractivity contribution >= 4 is 17.2 Å². The Morgan fingerprint density at radius 2 is 2.47 bits per heavy atom. The number of aliphatic hydroxyl groups is 1. The van der Waals surface area contributed by atoms with E-state index in [1.54, 1.807) is 11.3 Å². The maximum atomic E-state index is 12.0. The fourth-order valence-electron chi connectivity index (χ4n) is 2.58. The molecule has 1 saturated heterocycles. The molecule has 1 aromatic heterocycles. The minimum Gasteiger partial charge on any atom is -0.396 e. The summed E-state index contributed by atoms with van der Waals surface area (Å²) in [6.07, 6.45) is 4.25. The lowest BCUT2D eigenvalue weighted by Gasteiger charge is -2.16. The molecule has 1 fully saturated rings. The number of nitrogens with zero attached hydrogens (tertiary/aromatic N) is 2. The van der Waals surface area contributed by atoms with Crippen LogP contribution in [0.2, 0.25) is 0 Å². The van der Waals surface area contributed by atoms with Crippen molar-refractivity contribution in [2.75, 3.05) is 19.7 Å². The van der Waals surface area contributed by atoms with E-state index in [0.29, 0.717) is 12.3 Å². The third-order valence-corrected chi connectivity index (χ3v) is 4.49. The van der Waals surface area contributed by atoms with Gasteiger partial charge in [0.15, 0.2) is 0 Å². The normalized spacial score (nSPS) is 19.1. The van der Waals surface area contributed by atoms with Crippen LogP contribution in [0.15, 0.2) is 5.38 Å². The molecule has 1 N–H and O–H groups in total. The third kappa shape index (κ3) is 4.28. The second-order valence-corrected chi connectivity index (χ2v) is 6.28. The Bertz CT molecular complexity index is 419. The zero-order chi connectivity index (χ0) is 13.7. The van der Waals surface area contributed by atoms with Gasteiger partial charge in [-0.1, -0.05) is 0 Å². The number of rotatable bonds is 6. The van der Waals surface area contributed by atoms with Gasteiger partial charge in [-0.15, -0.1) is 11.3 Å². The Morgan fingerprint density at radius 3 is 3.16 bits per heavy atom. The predicted molar refractivity (Wildman–Crippen MR) is 76.2 cm³/mol. The molecule has 1 atom stereocenters. The molecular formula is C14H22N2O2S. The van der Waals surface area contributed by atoms with E-state index < -0.39 is 0 Å². The third-order valence-electron chi connectivity index (χ3n) is 3.67. The van der Waals surface area contributed by atoms with E-state index in [2.05, 4.69) is 10.4 Å². The summed E-state index contributed by atoms with van der Waals surface area (Å²) in [7, 11) is 0. The molecule has 1 amide bonds. The van der Waals surface area contributed by atoms with Gasteiger partial charge >= 0.3 is 0 Å². The van der Waals surface area contributed by atoms with Gasteiger partial charge in [0.05, 0.1) is 10.7 Å². The first-order chi connectivity index (χ1) is 9.19. The average Bonchev–Trinajstić information content (AvgIpc) is 2.99. The minimum absolute atomic E-state index is 0.232. The number of likely N-dealkylation sites (tertiary alicyclic amines) is 1. The first-order valence-electron chi connectivity index (χ1n) is 6.98. The summed E-state index contributed by atoms with van der Waals surface area (Å²) in [4.78, 5) is 18.4. The molecule has 4 nitrogen and oxygen atoms in total. The van der Waals surface area contributed by atoms with Crippen LogP contribution in [0.4, 0.5) is 0 Å². The van der Waals surface area contributed by atoms with Gasteiger partial charge in [-0.25, -0.2) is 4.98 Å². The zero-order valence-electron chi connectivity index (χ0n) is 11.5. The molecule has 0 aromatic carbocycles. The SMILES string of the molecule is Cc1nc(CCCC(=O)N2CCC(CCO)C2)cs1. The Kier molecular flexibility index (Phi) is 5.34. The Hall–Kier alpha value is -0.940. The second-order valence-electron chi connectivity index (χ2n) is 5.22. The smallest absolute Gasteiger partial charge is 0.222 e. The van der Waals surface area contributed by atoms with Crippen LogP contribution >= 0.6 is 11.3 Å². The molecule has 0 radical (unpaired) electrons. The van der Waals surface area contributed by atoms with E-state index in [-0.39, 0.29) is 12.5 Å². The van der Waals surface area contributed by atoms with Crippen LogP contribution in [0.5, 0.6) is 0 Å². The van der Waals surface area contributed by atoms with E-state index in [1.165, 1.54) is 0 Å². The number of amides is 1. The maximum absolute atomic E-state index is 12.0. The minimum atomic E-state index is 0.232. The number of aryl methyl sites for hydroxylation is 2. The quantitative estimate of drug-likeness (QED) is 0.868. The van der Waals surface area contributed by atoms with Gasteiger partial charge in [0.1, 0.15) is 0 Å². The lowest BCUT2D eigenvalue weighted by atomic mass is 10.1. The Morgan fingerprint density at radius 1 is 1.63 bits per heavy atom. The van der Waals surface area contributed by atoms with Crippen LogP contribution in [0.25, 0.3) is 0 Å². The number of carbonyl (C=O) groups excluding carboxylic acids is 1. The summed E-state index contributed by atoms with van der Waals surface area (Å²) < 4.78 is 0. The van der Waals surface area contributed by atoms with Gasteiger partial charge in [0, 0.05) is 31.5 Å². The first kappa shape index (κ1) is 14.5. The summed E-state index contributed by atoms with van der Waals surface area (Å²) >= 11 is 1.66. The summed E-state index contributed by atoms with van der Waals surface area (Å²) in [5, 5.41) is 12.1. The van der Waals surface area contributed by atoms with Crippen LogP contribution in [0.1, 0.15) is 36.4 Å². The fourth-order valence-corrected chi connectivity index (χ4v) is 3.23. The van der Waals surface area contributed by atoms with Gasteiger partial charge in [-0.2, -0.15) is 0 Å². The molecule has 0 aliphatic carbocycles. The zero-order valence-corrected chi connectivity index (χ0v) is 12.3. The van der Waals surface area contributed by atoms with Gasteiger partial charge in [-0.3, -0.25) is 4.79 Å². The van der Waals surface area contributed by atoms with Crippen LogP contribution in [0, 0.1) is 12.8 Å². The lowest BCUT2D eigenvalue weighted by molar-refractivity contribution is -0.130. The van der Waals surface area contributed by atoms with Gasteiger partial charge < -0.3 is 10.0 Å². The maximum Gasteiger partial charge on any atom is 0.222 e. The number of hydrogen-bond acceptors (Lipinski definition) is 4. The molecule has 1 aliphatic rings. The summed E-state index contributed by atoms with van der Waals surface area (Å²) in [5.41, 5.74) is 1.11. The van der Waals surface area contributed by atoms with Crippen LogP contribution in [-0.2, 0) is 11.2 Å². The fraction of sp³-hybridized carbons (Fsp3) is 0.714. The van der Waals surface area contributed by atoms with Crippen molar-refractivity contribution in [3.63, 3.8) is 0 Å². The van der Waals surface area contributed by atoms with E-state index in [1.807, 2.05) is 11.8 Å². The summed E-state index contributed by atoms with van der Waals surface area (Å²) in [5.74, 6) is 0.752. The van der Waals surface area contributed by atoms with Gasteiger partial charge in [-0.05, 0) is 38.5 Å². The molecule has 0 spiro atoms. The molecule has 2 rings (SSSR count). The molecule has 0 bridgehead atoms. The molecule has 0 saturated carbocycles. The lowest BCUT2D eigenvalue weighted by Crippen LogP contribution is -2.28. The van der Waals surface area contributed by atoms with Crippen molar-refractivity contribution in [3.8, 4) is 0 Å². The summed E-state index contributed by atoms with van der Waals surface area (Å²) in [6, 6.07) is 0. The van der Waals surface area contributed by atoms with Crippen LogP contribution < -0.4 is 0 Å². The molecule has 1 aliphatic heterocycles. The molecule has 1 aromatic rings. The van der Waals surface area contributed by atoms with Crippen molar-refractivity contribution < 1.29 is 9.90 Å². The molecule has 2 heterocycles. The van der Waals surface area contributed by atoms with Crippen molar-refractivity contribution in [3.05, 3.63) is 16.1 Å². The predicted octanol–water partition coefficient (Wildman–Crippen LogP) is 2.01. The molecule has 1 unspecified atom stereocenters. The largest absolute Gasteiger partial charge is 0.396 e. The molecule has 19 heavy (non-hydrogen) atoms. The number of aromatic nitrogens is 1. The number of carbonyl (C=O) groups is 1. The Balaban J connectivity index is 1.67. The molecule has 106 valence electrons. The van der Waals surface area contributed by atoms with Gasteiger partial charge in [0.2, 0.25) is 5.91 Å². The number of thiazole rings is 1. The average molecular weight is 282 g/mol. The Labute approximate surface area is 118 Å². The second kappa shape index (κ2) is 7.01. The first-order valence-corrected chi connectivity index (χ1v) is 7.86. The van der Waals surface area contributed by atoms with E-state index in [4.69, 9.17) is 5.11 Å². The van der Waals surface area contributed by atoms with E-state index >= 15 is 0 Å². The number of aliphatic hydroxyl groups excluding tert-OH is 1. The van der Waals surface area contributed by atoms with Crippen molar-refractivity contribution in [2.24, 2.45) is 5.92 Å². The van der Waals surface area contributed by atoms with Crippen molar-refractivity contribution in [1.29, 1.82) is 0 Å². The van der Waals surface area contributed by atoms with Crippen LogP contribution in [-0.4, -0.2) is 40.6 Å². The highest BCUT2D eigenvalue weighted by atomic mass is 32.1. The van der Waals surface area contributed by atoms with Crippen molar-refractivity contribution in [1.82, 2.24) is 9.88 Å². The summed E-state index contributed by atoms with van der Waals surface area (Å²) in [6.45, 7) is 3.93. The number of hydrogen-bond donors (Lipinski definition) is 1. The topological polar surface area (TPSA) is 53.4 Å². The van der Waals surface area contributed by atoms with Crippen LogP contribution in [0.3, 0.4) is 0 Å². The van der Waals surface area contributed by atoms with E-state index in [0.717, 1.165) is 49.5 Å². The van der Waals surface area contributed by atoms with Crippen molar-refractivity contribution in [2.45, 2.75) is 39.0 Å². The molecular weight excluding hydrogens is 260 g/mol. The highest BCUT2D eigenvalue weighted by molar-refractivity contribution is 7.09. The highest BCUT2D eigenvalue weighted by Crippen LogP contribution is 2.20. The van der Waals surface area contributed by atoms with E-state index in [9.17, 15) is 4.79 Å².